The Balaban J connectivity index is 3.24. The molecule has 10 nitrogen and oxygen atoms in total. The summed E-state index contributed by atoms with van der Waals surface area (Å²) in [6.07, 6.45) is -4.41. The zero-order valence-corrected chi connectivity index (χ0v) is 15.7. The Morgan fingerprint density at radius 3 is 1.85 bits per heavy atom. The quantitative estimate of drug-likeness (QED) is 0.325. The van der Waals surface area contributed by atoms with Crippen LogP contribution in [-0.2, 0) is 47.6 Å². The second kappa shape index (κ2) is 10.6. The van der Waals surface area contributed by atoms with Gasteiger partial charge in [-0.25, -0.2) is 0 Å². The lowest BCUT2D eigenvalue weighted by atomic mass is 9.98. The van der Waals surface area contributed by atoms with Crippen LogP contribution >= 0.6 is 0 Å². The fourth-order valence-electron chi connectivity index (χ4n) is 2.49. The molecule has 0 aromatic heterocycles. The molecule has 1 heterocycles. The number of carbonyl (C=O) groups is 4. The van der Waals surface area contributed by atoms with E-state index < -0.39 is 54.6 Å². The molecule has 1 fully saturated rings. The Hall–Kier alpha value is -2.46. The third-order valence-electron chi connectivity index (χ3n) is 3.33. The molecule has 152 valence electrons. The van der Waals surface area contributed by atoms with Crippen molar-refractivity contribution in [3.8, 4) is 0 Å². The first kappa shape index (κ1) is 22.6. The van der Waals surface area contributed by atoms with Gasteiger partial charge in [-0.2, -0.15) is 0 Å². The molecule has 1 aliphatic heterocycles. The average molecular weight is 388 g/mol. The standard InChI is InChI=1S/C17H24O10/c1-6-7-22-17-16(26-12(5)21)15(25-11(4)20)14(24-10(3)19)13(27-17)8-23-9(2)18/h6,13-17H,1,7-8H2,2-5H3/t13?,14-,15+,16-,17+/m1/s1. The second-order valence-corrected chi connectivity index (χ2v) is 5.69. The van der Waals surface area contributed by atoms with Gasteiger partial charge in [0.05, 0.1) is 6.61 Å². The van der Waals surface area contributed by atoms with Crippen molar-refractivity contribution < 1.29 is 47.6 Å². The molecule has 0 spiro atoms. The van der Waals surface area contributed by atoms with Crippen molar-refractivity contribution in [2.24, 2.45) is 0 Å². The number of hydrogen-bond donors (Lipinski definition) is 0. The molecule has 1 saturated heterocycles. The molecule has 1 rings (SSSR count). The normalized spacial score (nSPS) is 27.2. The van der Waals surface area contributed by atoms with Crippen LogP contribution in [0.3, 0.4) is 0 Å². The van der Waals surface area contributed by atoms with Gasteiger partial charge in [-0.05, 0) is 0 Å². The summed E-state index contributed by atoms with van der Waals surface area (Å²) in [6, 6.07) is 0. The minimum Gasteiger partial charge on any atom is -0.463 e. The summed E-state index contributed by atoms with van der Waals surface area (Å²) in [7, 11) is 0. The van der Waals surface area contributed by atoms with Crippen molar-refractivity contribution in [3.05, 3.63) is 12.7 Å². The van der Waals surface area contributed by atoms with Gasteiger partial charge in [-0.1, -0.05) is 6.08 Å². The van der Waals surface area contributed by atoms with E-state index in [-0.39, 0.29) is 13.2 Å². The number of carbonyl (C=O) groups excluding carboxylic acids is 4. The van der Waals surface area contributed by atoms with Gasteiger partial charge in [0.15, 0.2) is 24.6 Å². The topological polar surface area (TPSA) is 124 Å². The van der Waals surface area contributed by atoms with Gasteiger partial charge in [-0.15, -0.1) is 6.58 Å². The first-order chi connectivity index (χ1) is 12.6. The summed E-state index contributed by atoms with van der Waals surface area (Å²) in [6.45, 7) is 7.90. The summed E-state index contributed by atoms with van der Waals surface area (Å²) < 4.78 is 31.7. The molecule has 0 aromatic carbocycles. The van der Waals surface area contributed by atoms with Crippen molar-refractivity contribution in [2.45, 2.75) is 58.4 Å². The lowest BCUT2D eigenvalue weighted by molar-refractivity contribution is -0.305. The molecular formula is C17H24O10. The monoisotopic (exact) mass is 388 g/mol. The van der Waals surface area contributed by atoms with Gasteiger partial charge in [-0.3, -0.25) is 19.2 Å². The van der Waals surface area contributed by atoms with Crippen LogP contribution in [0.25, 0.3) is 0 Å². The van der Waals surface area contributed by atoms with E-state index >= 15 is 0 Å². The summed E-state index contributed by atoms with van der Waals surface area (Å²) in [5, 5.41) is 0. The van der Waals surface area contributed by atoms with Crippen LogP contribution < -0.4 is 0 Å². The summed E-state index contributed by atoms with van der Waals surface area (Å²) in [4.78, 5) is 45.8. The lowest BCUT2D eigenvalue weighted by Gasteiger charge is -2.43. The van der Waals surface area contributed by atoms with Crippen LogP contribution in [0, 0.1) is 0 Å². The fraction of sp³-hybridized carbons (Fsp3) is 0.647. The minimum absolute atomic E-state index is 0.0355. The maximum Gasteiger partial charge on any atom is 0.303 e. The van der Waals surface area contributed by atoms with Crippen molar-refractivity contribution in [1.29, 1.82) is 0 Å². The minimum atomic E-state index is -1.24. The first-order valence-electron chi connectivity index (χ1n) is 8.18. The molecule has 0 N–H and O–H groups in total. The molecular weight excluding hydrogens is 364 g/mol. The lowest BCUT2D eigenvalue weighted by Crippen LogP contribution is -2.62. The van der Waals surface area contributed by atoms with E-state index in [4.69, 9.17) is 28.4 Å². The van der Waals surface area contributed by atoms with E-state index in [2.05, 4.69) is 6.58 Å². The van der Waals surface area contributed by atoms with Crippen molar-refractivity contribution in [3.63, 3.8) is 0 Å². The number of esters is 4. The van der Waals surface area contributed by atoms with Gasteiger partial charge in [0.25, 0.3) is 0 Å². The molecule has 1 aliphatic rings. The van der Waals surface area contributed by atoms with E-state index in [1.165, 1.54) is 13.0 Å². The highest BCUT2D eigenvalue weighted by Crippen LogP contribution is 2.29. The smallest absolute Gasteiger partial charge is 0.303 e. The van der Waals surface area contributed by atoms with Gasteiger partial charge >= 0.3 is 23.9 Å². The molecule has 0 radical (unpaired) electrons. The first-order valence-corrected chi connectivity index (χ1v) is 8.18. The van der Waals surface area contributed by atoms with E-state index in [0.29, 0.717) is 0 Å². The van der Waals surface area contributed by atoms with Crippen LogP contribution in [0.1, 0.15) is 27.7 Å². The molecule has 5 atom stereocenters. The largest absolute Gasteiger partial charge is 0.463 e. The number of hydrogen-bond acceptors (Lipinski definition) is 10. The second-order valence-electron chi connectivity index (χ2n) is 5.69. The Labute approximate surface area is 156 Å². The third-order valence-corrected chi connectivity index (χ3v) is 3.33. The van der Waals surface area contributed by atoms with E-state index in [1.807, 2.05) is 0 Å². The highest BCUT2D eigenvalue weighted by molar-refractivity contribution is 5.68. The predicted molar refractivity (Wildman–Crippen MR) is 88.1 cm³/mol. The van der Waals surface area contributed by atoms with Gasteiger partial charge < -0.3 is 28.4 Å². The van der Waals surface area contributed by atoms with Gasteiger partial charge in [0.1, 0.15) is 12.7 Å². The van der Waals surface area contributed by atoms with Crippen molar-refractivity contribution in [2.75, 3.05) is 13.2 Å². The van der Waals surface area contributed by atoms with Crippen LogP contribution in [0.4, 0.5) is 0 Å². The van der Waals surface area contributed by atoms with E-state index in [9.17, 15) is 19.2 Å². The zero-order valence-electron chi connectivity index (χ0n) is 15.7. The maximum atomic E-state index is 11.6. The average Bonchev–Trinajstić information content (AvgIpc) is 2.54. The Bertz CT molecular complexity index is 572. The molecule has 1 unspecified atom stereocenters. The highest BCUT2D eigenvalue weighted by atomic mass is 16.7. The third kappa shape index (κ3) is 7.35. The number of ether oxygens (including phenoxy) is 6. The zero-order chi connectivity index (χ0) is 20.6. The number of rotatable bonds is 8. The van der Waals surface area contributed by atoms with Gasteiger partial charge in [0.2, 0.25) is 0 Å². The van der Waals surface area contributed by atoms with Crippen LogP contribution in [0.5, 0.6) is 0 Å². The van der Waals surface area contributed by atoms with Gasteiger partial charge in [0, 0.05) is 27.7 Å². The summed E-state index contributed by atoms with van der Waals surface area (Å²) in [5.74, 6) is -2.67. The van der Waals surface area contributed by atoms with Crippen molar-refractivity contribution in [1.82, 2.24) is 0 Å². The molecule has 0 aromatic rings. The van der Waals surface area contributed by atoms with Crippen LogP contribution in [0.15, 0.2) is 12.7 Å². The molecule has 27 heavy (non-hydrogen) atoms. The highest BCUT2D eigenvalue weighted by Gasteiger charge is 2.52. The molecule has 0 saturated carbocycles. The van der Waals surface area contributed by atoms with Crippen LogP contribution in [0.2, 0.25) is 0 Å². The molecule has 0 amide bonds. The Morgan fingerprint density at radius 1 is 0.852 bits per heavy atom. The van der Waals surface area contributed by atoms with Crippen molar-refractivity contribution >= 4 is 23.9 Å². The summed E-state index contributed by atoms with van der Waals surface area (Å²) in [5.41, 5.74) is 0. The fourth-order valence-corrected chi connectivity index (χ4v) is 2.49. The van der Waals surface area contributed by atoms with E-state index in [1.54, 1.807) is 0 Å². The molecule has 0 aliphatic carbocycles. The molecule has 0 bridgehead atoms. The maximum absolute atomic E-state index is 11.6. The Kier molecular flexibility index (Phi) is 8.89. The SMILES string of the molecule is C=CCO[C@H]1OC(COC(C)=O)[C@@H](OC(C)=O)[C@H](OC(C)=O)[C@H]1OC(C)=O. The summed E-state index contributed by atoms with van der Waals surface area (Å²) >= 11 is 0. The van der Waals surface area contributed by atoms with Crippen LogP contribution in [-0.4, -0.2) is 67.8 Å². The predicted octanol–water partition coefficient (Wildman–Crippen LogP) is 0.272. The van der Waals surface area contributed by atoms with E-state index in [0.717, 1.165) is 20.8 Å². The Morgan fingerprint density at radius 2 is 1.37 bits per heavy atom. The molecule has 10 heteroatoms.